The lowest BCUT2D eigenvalue weighted by Crippen LogP contribution is -2.41. The van der Waals surface area contributed by atoms with Gasteiger partial charge in [0.05, 0.1) is 6.10 Å². The maximum absolute atomic E-state index is 5.78. The number of hydrogen-bond donors (Lipinski definition) is 1. The molecule has 0 aromatic carbocycles. The van der Waals surface area contributed by atoms with Gasteiger partial charge in [-0.25, -0.2) is 0 Å². The SMILES string of the molecule is CCCCOCCCNC1CCOC(C(C)C)C1. The van der Waals surface area contributed by atoms with Crippen molar-refractivity contribution >= 4 is 0 Å². The zero-order valence-electron chi connectivity index (χ0n) is 12.4. The van der Waals surface area contributed by atoms with Crippen LogP contribution in [0.4, 0.5) is 0 Å². The van der Waals surface area contributed by atoms with E-state index < -0.39 is 0 Å². The third-order valence-corrected chi connectivity index (χ3v) is 3.60. The van der Waals surface area contributed by atoms with Gasteiger partial charge < -0.3 is 14.8 Å². The minimum absolute atomic E-state index is 0.442. The van der Waals surface area contributed by atoms with Crippen molar-refractivity contribution in [2.45, 2.75) is 65.0 Å². The molecule has 1 aliphatic heterocycles. The maximum Gasteiger partial charge on any atom is 0.0612 e. The molecule has 3 heteroatoms. The molecule has 2 unspecified atom stereocenters. The molecule has 0 saturated carbocycles. The second kappa shape index (κ2) is 9.76. The smallest absolute Gasteiger partial charge is 0.0612 e. The van der Waals surface area contributed by atoms with Crippen molar-refractivity contribution in [3.8, 4) is 0 Å². The lowest BCUT2D eigenvalue weighted by molar-refractivity contribution is -0.0245. The maximum atomic E-state index is 5.78. The number of ether oxygens (including phenoxy) is 2. The largest absolute Gasteiger partial charge is 0.381 e. The predicted molar refractivity (Wildman–Crippen MR) is 75.9 cm³/mol. The van der Waals surface area contributed by atoms with Gasteiger partial charge in [0.25, 0.3) is 0 Å². The van der Waals surface area contributed by atoms with Crippen LogP contribution in [0.25, 0.3) is 0 Å². The second-order valence-electron chi connectivity index (χ2n) is 5.65. The fourth-order valence-corrected chi connectivity index (χ4v) is 2.31. The molecule has 0 bridgehead atoms. The second-order valence-corrected chi connectivity index (χ2v) is 5.65. The molecule has 0 aliphatic carbocycles. The van der Waals surface area contributed by atoms with Crippen LogP contribution in [0.3, 0.4) is 0 Å². The van der Waals surface area contributed by atoms with Crippen molar-refractivity contribution < 1.29 is 9.47 Å². The van der Waals surface area contributed by atoms with Crippen LogP contribution in [-0.4, -0.2) is 38.5 Å². The quantitative estimate of drug-likeness (QED) is 0.644. The summed E-state index contributed by atoms with van der Waals surface area (Å²) in [5.41, 5.74) is 0. The van der Waals surface area contributed by atoms with Crippen molar-refractivity contribution in [1.29, 1.82) is 0 Å². The Hall–Kier alpha value is -0.120. The summed E-state index contributed by atoms with van der Waals surface area (Å²) in [6.07, 6.45) is 6.28. The summed E-state index contributed by atoms with van der Waals surface area (Å²) in [7, 11) is 0. The molecule has 1 heterocycles. The van der Waals surface area contributed by atoms with Crippen LogP contribution < -0.4 is 5.32 Å². The Bertz CT molecular complexity index is 197. The van der Waals surface area contributed by atoms with E-state index in [-0.39, 0.29) is 0 Å². The summed E-state index contributed by atoms with van der Waals surface area (Å²) in [4.78, 5) is 0. The fourth-order valence-electron chi connectivity index (χ4n) is 2.31. The Morgan fingerprint density at radius 3 is 2.78 bits per heavy atom. The zero-order valence-corrected chi connectivity index (χ0v) is 12.4. The highest BCUT2D eigenvalue weighted by Gasteiger charge is 2.24. The summed E-state index contributed by atoms with van der Waals surface area (Å²) >= 11 is 0. The Labute approximate surface area is 113 Å². The van der Waals surface area contributed by atoms with Gasteiger partial charge in [-0.3, -0.25) is 0 Å². The summed E-state index contributed by atoms with van der Waals surface area (Å²) in [6, 6.07) is 0.641. The molecule has 1 N–H and O–H groups in total. The topological polar surface area (TPSA) is 30.5 Å². The van der Waals surface area contributed by atoms with Crippen molar-refractivity contribution in [1.82, 2.24) is 5.32 Å². The van der Waals surface area contributed by atoms with Crippen LogP contribution in [0, 0.1) is 5.92 Å². The van der Waals surface area contributed by atoms with E-state index in [2.05, 4.69) is 26.1 Å². The molecule has 0 aromatic rings. The van der Waals surface area contributed by atoms with Gasteiger partial charge in [-0.15, -0.1) is 0 Å². The molecule has 1 rings (SSSR count). The Morgan fingerprint density at radius 1 is 1.28 bits per heavy atom. The average molecular weight is 257 g/mol. The standard InChI is InChI=1S/C15H31NO2/c1-4-5-9-17-10-6-8-16-14-7-11-18-15(12-14)13(2)3/h13-16H,4-12H2,1-3H3. The van der Waals surface area contributed by atoms with E-state index in [4.69, 9.17) is 9.47 Å². The number of hydrogen-bond acceptors (Lipinski definition) is 3. The van der Waals surface area contributed by atoms with Gasteiger partial charge in [0.15, 0.2) is 0 Å². The van der Waals surface area contributed by atoms with Gasteiger partial charge in [0, 0.05) is 25.9 Å². The van der Waals surface area contributed by atoms with Crippen molar-refractivity contribution in [3.05, 3.63) is 0 Å². The van der Waals surface area contributed by atoms with E-state index in [0.29, 0.717) is 18.1 Å². The molecular formula is C15H31NO2. The lowest BCUT2D eigenvalue weighted by atomic mass is 9.95. The molecule has 18 heavy (non-hydrogen) atoms. The molecule has 1 aliphatic rings. The molecule has 1 fully saturated rings. The first-order chi connectivity index (χ1) is 8.74. The third kappa shape index (κ3) is 6.72. The van der Waals surface area contributed by atoms with E-state index in [1.54, 1.807) is 0 Å². The van der Waals surface area contributed by atoms with Gasteiger partial charge in [-0.2, -0.15) is 0 Å². The summed E-state index contributed by atoms with van der Waals surface area (Å²) in [5, 5.41) is 3.64. The number of rotatable bonds is 9. The minimum Gasteiger partial charge on any atom is -0.381 e. The molecule has 108 valence electrons. The molecule has 3 nitrogen and oxygen atoms in total. The normalized spacial score (nSPS) is 24.7. The van der Waals surface area contributed by atoms with Crippen LogP contribution in [0.2, 0.25) is 0 Å². The number of nitrogens with one attached hydrogen (secondary N) is 1. The lowest BCUT2D eigenvalue weighted by Gasteiger charge is -2.32. The molecule has 0 radical (unpaired) electrons. The molecule has 0 aromatic heterocycles. The van der Waals surface area contributed by atoms with Gasteiger partial charge in [-0.05, 0) is 38.1 Å². The highest BCUT2D eigenvalue weighted by Crippen LogP contribution is 2.19. The van der Waals surface area contributed by atoms with Crippen LogP contribution >= 0.6 is 0 Å². The van der Waals surface area contributed by atoms with Crippen LogP contribution in [-0.2, 0) is 9.47 Å². The minimum atomic E-state index is 0.442. The summed E-state index contributed by atoms with van der Waals surface area (Å²) < 4.78 is 11.3. The van der Waals surface area contributed by atoms with Gasteiger partial charge in [-0.1, -0.05) is 27.2 Å². The van der Waals surface area contributed by atoms with Crippen LogP contribution in [0.1, 0.15) is 52.9 Å². The highest BCUT2D eigenvalue weighted by molar-refractivity contribution is 4.78. The fraction of sp³-hybridized carbons (Fsp3) is 1.00. The summed E-state index contributed by atoms with van der Waals surface area (Å²) in [6.45, 7) is 10.5. The highest BCUT2D eigenvalue weighted by atomic mass is 16.5. The Kier molecular flexibility index (Phi) is 8.64. The van der Waals surface area contributed by atoms with Gasteiger partial charge in [0.1, 0.15) is 0 Å². The van der Waals surface area contributed by atoms with Crippen LogP contribution in [0.15, 0.2) is 0 Å². The first kappa shape index (κ1) is 15.9. The molecule has 2 atom stereocenters. The first-order valence-corrected chi connectivity index (χ1v) is 7.66. The van der Waals surface area contributed by atoms with Gasteiger partial charge in [0.2, 0.25) is 0 Å². The molecular weight excluding hydrogens is 226 g/mol. The van der Waals surface area contributed by atoms with E-state index in [9.17, 15) is 0 Å². The van der Waals surface area contributed by atoms with Crippen LogP contribution in [0.5, 0.6) is 0 Å². The molecule has 0 spiro atoms. The van der Waals surface area contributed by atoms with Crippen molar-refractivity contribution in [3.63, 3.8) is 0 Å². The third-order valence-electron chi connectivity index (χ3n) is 3.60. The summed E-state index contributed by atoms with van der Waals surface area (Å²) in [5.74, 6) is 0.631. The first-order valence-electron chi connectivity index (χ1n) is 7.66. The van der Waals surface area contributed by atoms with Crippen molar-refractivity contribution in [2.75, 3.05) is 26.4 Å². The van der Waals surface area contributed by atoms with E-state index in [1.165, 1.54) is 12.8 Å². The van der Waals surface area contributed by atoms with Gasteiger partial charge >= 0.3 is 0 Å². The van der Waals surface area contributed by atoms with E-state index in [0.717, 1.165) is 45.6 Å². The van der Waals surface area contributed by atoms with E-state index in [1.807, 2.05) is 0 Å². The monoisotopic (exact) mass is 257 g/mol. The Balaban J connectivity index is 1.98. The predicted octanol–water partition coefficient (Wildman–Crippen LogP) is 2.99. The molecule has 1 saturated heterocycles. The zero-order chi connectivity index (χ0) is 13.2. The van der Waals surface area contributed by atoms with E-state index >= 15 is 0 Å². The van der Waals surface area contributed by atoms with Crippen molar-refractivity contribution in [2.24, 2.45) is 5.92 Å². The Morgan fingerprint density at radius 2 is 2.06 bits per heavy atom. The molecule has 0 amide bonds. The average Bonchev–Trinajstić information content (AvgIpc) is 2.38. The number of unbranched alkanes of at least 4 members (excludes halogenated alkanes) is 1.